The van der Waals surface area contributed by atoms with Gasteiger partial charge in [-0.05, 0) is 50.2 Å². The highest BCUT2D eigenvalue weighted by Gasteiger charge is 2.34. The molecule has 1 atom stereocenters. The molecule has 2 N–H and O–H groups in total. The number of amides is 1. The first-order chi connectivity index (χ1) is 13.8. The molecule has 1 saturated heterocycles. The van der Waals surface area contributed by atoms with Gasteiger partial charge in [0.15, 0.2) is 6.04 Å². The Kier molecular flexibility index (Phi) is 6.33. The van der Waals surface area contributed by atoms with Crippen LogP contribution in [0.15, 0.2) is 53.4 Å². The molecular weight excluding hydrogens is 388 g/mol. The number of carbonyl (C=O) groups excluding carboxylic acids is 1. The van der Waals surface area contributed by atoms with Crippen LogP contribution < -0.4 is 10.2 Å². The zero-order valence-corrected chi connectivity index (χ0v) is 17.4. The molecule has 8 heteroatoms. The van der Waals surface area contributed by atoms with Crippen molar-refractivity contribution in [2.45, 2.75) is 24.8 Å². The normalized spacial score (nSPS) is 16.7. The van der Waals surface area contributed by atoms with E-state index in [1.165, 1.54) is 4.31 Å². The topological polar surface area (TPSA) is 94.7 Å². The second kappa shape index (κ2) is 8.74. The Morgan fingerprint density at radius 2 is 1.69 bits per heavy atom. The van der Waals surface area contributed by atoms with Gasteiger partial charge in [0.2, 0.25) is 10.0 Å². The second-order valence-electron chi connectivity index (χ2n) is 7.28. The van der Waals surface area contributed by atoms with Crippen LogP contribution in [-0.4, -0.2) is 50.9 Å². The zero-order valence-electron chi connectivity index (χ0n) is 16.6. The first-order valence-corrected chi connectivity index (χ1v) is 11.0. The molecule has 152 valence electrons. The van der Waals surface area contributed by atoms with Crippen molar-refractivity contribution in [2.24, 2.45) is 0 Å². The lowest BCUT2D eigenvalue weighted by Gasteiger charge is -2.34. The van der Waals surface area contributed by atoms with E-state index in [4.69, 9.17) is 5.26 Å². The Balaban J connectivity index is 1.58. The third-order valence-electron chi connectivity index (χ3n) is 5.31. The number of piperazine rings is 1. The quantitative estimate of drug-likeness (QED) is 0.758. The molecule has 1 aliphatic heterocycles. The van der Waals surface area contributed by atoms with E-state index in [9.17, 15) is 13.2 Å². The fourth-order valence-corrected chi connectivity index (χ4v) is 4.81. The van der Waals surface area contributed by atoms with Crippen LogP contribution in [0.3, 0.4) is 0 Å². The van der Waals surface area contributed by atoms with E-state index < -0.39 is 10.0 Å². The smallest absolute Gasteiger partial charge is 0.282 e. The van der Waals surface area contributed by atoms with Crippen molar-refractivity contribution >= 4 is 21.6 Å². The molecule has 0 aliphatic carbocycles. The minimum absolute atomic E-state index is 0.125. The number of hydrogen-bond donors (Lipinski definition) is 2. The van der Waals surface area contributed by atoms with E-state index in [0.29, 0.717) is 42.3 Å². The van der Waals surface area contributed by atoms with Gasteiger partial charge in [0.1, 0.15) is 0 Å². The zero-order chi connectivity index (χ0) is 21.0. The minimum atomic E-state index is -3.51. The number of quaternary nitrogens is 1. The number of benzene rings is 2. The number of nitrogens with one attached hydrogen (secondary N) is 2. The van der Waals surface area contributed by atoms with E-state index in [2.05, 4.69) is 5.32 Å². The molecule has 0 aromatic heterocycles. The lowest BCUT2D eigenvalue weighted by atomic mass is 10.2. The van der Waals surface area contributed by atoms with Gasteiger partial charge in [-0.1, -0.05) is 17.7 Å². The standard InChI is InChI=1S/C21H24N4O3S/c1-16-3-9-20(10-4-16)29(27,28)25-13-11-24(12-14-25)17(2)21(26)23-19-7-5-18(15-22)6-8-19/h3-10,17H,11-14H2,1-2H3,(H,23,26)/p+1/t17-/m1/s1. The molecule has 1 amide bonds. The summed E-state index contributed by atoms with van der Waals surface area (Å²) in [4.78, 5) is 13.9. The van der Waals surface area contributed by atoms with Gasteiger partial charge < -0.3 is 10.2 Å². The summed E-state index contributed by atoms with van der Waals surface area (Å²) in [5.74, 6) is -0.125. The predicted octanol–water partition coefficient (Wildman–Crippen LogP) is 0.783. The van der Waals surface area contributed by atoms with Gasteiger partial charge in [-0.25, -0.2) is 8.42 Å². The Morgan fingerprint density at radius 1 is 1.10 bits per heavy atom. The molecule has 0 saturated carbocycles. The predicted molar refractivity (Wildman–Crippen MR) is 110 cm³/mol. The Hall–Kier alpha value is -2.73. The van der Waals surface area contributed by atoms with Crippen LogP contribution in [0.25, 0.3) is 0 Å². The van der Waals surface area contributed by atoms with Gasteiger partial charge in [-0.3, -0.25) is 4.79 Å². The molecule has 29 heavy (non-hydrogen) atoms. The van der Waals surface area contributed by atoms with Gasteiger partial charge in [-0.2, -0.15) is 9.57 Å². The van der Waals surface area contributed by atoms with Crippen LogP contribution in [0.4, 0.5) is 5.69 Å². The molecule has 3 rings (SSSR count). The minimum Gasteiger partial charge on any atom is -0.323 e. The Bertz CT molecular complexity index is 1000. The van der Waals surface area contributed by atoms with E-state index in [-0.39, 0.29) is 11.9 Å². The van der Waals surface area contributed by atoms with Gasteiger partial charge in [0.05, 0.1) is 42.7 Å². The molecular formula is C21H25N4O3S+. The maximum atomic E-state index is 12.8. The van der Waals surface area contributed by atoms with E-state index >= 15 is 0 Å². The van der Waals surface area contributed by atoms with Crippen LogP contribution in [0.5, 0.6) is 0 Å². The molecule has 7 nitrogen and oxygen atoms in total. The number of hydrogen-bond acceptors (Lipinski definition) is 4. The van der Waals surface area contributed by atoms with Crippen LogP contribution in [0.2, 0.25) is 0 Å². The summed E-state index contributed by atoms with van der Waals surface area (Å²) in [5, 5.41) is 11.7. The second-order valence-corrected chi connectivity index (χ2v) is 9.21. The highest BCUT2D eigenvalue weighted by atomic mass is 32.2. The highest BCUT2D eigenvalue weighted by Crippen LogP contribution is 2.16. The van der Waals surface area contributed by atoms with Gasteiger partial charge in [0, 0.05) is 5.69 Å². The number of aryl methyl sites for hydroxylation is 1. The highest BCUT2D eigenvalue weighted by molar-refractivity contribution is 7.89. The average Bonchev–Trinajstić information content (AvgIpc) is 2.74. The van der Waals surface area contributed by atoms with Gasteiger partial charge >= 0.3 is 0 Å². The largest absolute Gasteiger partial charge is 0.323 e. The summed E-state index contributed by atoms with van der Waals surface area (Å²) < 4.78 is 27.1. The summed E-state index contributed by atoms with van der Waals surface area (Å²) in [6, 6.07) is 15.3. The summed E-state index contributed by atoms with van der Waals surface area (Å²) >= 11 is 0. The molecule has 2 aromatic rings. The Morgan fingerprint density at radius 3 is 2.24 bits per heavy atom. The monoisotopic (exact) mass is 413 g/mol. The lowest BCUT2D eigenvalue weighted by molar-refractivity contribution is -0.917. The van der Waals surface area contributed by atoms with Crippen molar-refractivity contribution in [3.05, 3.63) is 59.7 Å². The van der Waals surface area contributed by atoms with Crippen molar-refractivity contribution in [3.63, 3.8) is 0 Å². The maximum Gasteiger partial charge on any atom is 0.282 e. The molecule has 0 unspecified atom stereocenters. The third kappa shape index (κ3) is 4.82. The first-order valence-electron chi connectivity index (χ1n) is 9.53. The number of nitrogens with zero attached hydrogens (tertiary/aromatic N) is 2. The lowest BCUT2D eigenvalue weighted by Crippen LogP contribution is -3.19. The third-order valence-corrected chi connectivity index (χ3v) is 7.22. The van der Waals surface area contributed by atoms with Crippen molar-refractivity contribution < 1.29 is 18.1 Å². The molecule has 1 fully saturated rings. The number of rotatable bonds is 5. The first kappa shape index (κ1) is 21.0. The number of anilines is 1. The molecule has 0 spiro atoms. The van der Waals surface area contributed by atoms with Crippen LogP contribution in [-0.2, 0) is 14.8 Å². The fourth-order valence-electron chi connectivity index (χ4n) is 3.37. The van der Waals surface area contributed by atoms with Crippen LogP contribution in [0.1, 0.15) is 18.1 Å². The maximum absolute atomic E-state index is 12.8. The van der Waals surface area contributed by atoms with Crippen molar-refractivity contribution in [1.82, 2.24) is 4.31 Å². The van der Waals surface area contributed by atoms with Crippen molar-refractivity contribution in [1.29, 1.82) is 5.26 Å². The Labute approximate surface area is 171 Å². The summed E-state index contributed by atoms with van der Waals surface area (Å²) in [6.07, 6.45) is 0. The molecule has 2 aromatic carbocycles. The number of nitriles is 1. The van der Waals surface area contributed by atoms with Gasteiger partial charge in [-0.15, -0.1) is 0 Å². The van der Waals surface area contributed by atoms with E-state index in [1.807, 2.05) is 19.9 Å². The SMILES string of the molecule is Cc1ccc(S(=O)(=O)N2CC[NH+]([C@H](C)C(=O)Nc3ccc(C#N)cc3)CC2)cc1. The average molecular weight is 414 g/mol. The molecule has 1 aliphatic rings. The van der Waals surface area contributed by atoms with Crippen molar-refractivity contribution in [2.75, 3.05) is 31.5 Å². The summed E-state index contributed by atoms with van der Waals surface area (Å²) in [6.45, 7) is 5.64. The molecule has 1 heterocycles. The van der Waals surface area contributed by atoms with Crippen LogP contribution in [0, 0.1) is 18.3 Å². The molecule has 0 bridgehead atoms. The molecule has 0 radical (unpaired) electrons. The number of carbonyl (C=O) groups is 1. The van der Waals surface area contributed by atoms with E-state index in [0.717, 1.165) is 10.5 Å². The van der Waals surface area contributed by atoms with E-state index in [1.54, 1.807) is 48.5 Å². The van der Waals surface area contributed by atoms with Crippen molar-refractivity contribution in [3.8, 4) is 6.07 Å². The number of sulfonamides is 1. The van der Waals surface area contributed by atoms with Crippen LogP contribution >= 0.6 is 0 Å². The summed E-state index contributed by atoms with van der Waals surface area (Å²) in [7, 11) is -3.51. The summed E-state index contributed by atoms with van der Waals surface area (Å²) in [5.41, 5.74) is 2.19. The van der Waals surface area contributed by atoms with Gasteiger partial charge in [0.25, 0.3) is 5.91 Å². The fraction of sp³-hybridized carbons (Fsp3) is 0.333.